The predicted octanol–water partition coefficient (Wildman–Crippen LogP) is 1.76. The Bertz CT molecular complexity index is 543. The molecule has 0 radical (unpaired) electrons. The van der Waals surface area contributed by atoms with Gasteiger partial charge in [0.2, 0.25) is 5.91 Å². The molecule has 0 aliphatic carbocycles. The van der Waals surface area contributed by atoms with Crippen LogP contribution in [-0.4, -0.2) is 36.2 Å². The second-order valence-electron chi connectivity index (χ2n) is 4.86. The molecule has 7 heteroatoms. The zero-order valence-electron chi connectivity index (χ0n) is 12.3. The van der Waals surface area contributed by atoms with Gasteiger partial charge >= 0.3 is 0 Å². The first-order valence-electron chi connectivity index (χ1n) is 6.67. The summed E-state index contributed by atoms with van der Waals surface area (Å²) in [4.78, 5) is 34.7. The van der Waals surface area contributed by atoms with Gasteiger partial charge < -0.3 is 10.2 Å². The lowest BCUT2D eigenvalue weighted by atomic mass is 10.1. The second kappa shape index (κ2) is 7.37. The summed E-state index contributed by atoms with van der Waals surface area (Å²) in [5.41, 5.74) is 0.374. The summed E-state index contributed by atoms with van der Waals surface area (Å²) in [7, 11) is 0. The van der Waals surface area contributed by atoms with Crippen molar-refractivity contribution in [1.82, 2.24) is 5.32 Å². The summed E-state index contributed by atoms with van der Waals surface area (Å²) in [5.74, 6) is -0.208. The van der Waals surface area contributed by atoms with Gasteiger partial charge in [-0.1, -0.05) is 0 Å². The molecule has 0 fully saturated rings. The van der Waals surface area contributed by atoms with E-state index in [0.717, 1.165) is 0 Å². The molecule has 0 bridgehead atoms. The summed E-state index contributed by atoms with van der Waals surface area (Å²) < 4.78 is 0. The average Bonchev–Trinajstić information content (AvgIpc) is 2.43. The number of carbonyl (C=O) groups is 2. The predicted molar refractivity (Wildman–Crippen MR) is 79.6 cm³/mol. The standard InChI is InChI=1S/C14H19N3O4/c1-4-16(8-14(19)15-10(2)3)12-6-5-11(9-18)7-13(12)17(20)21/h5-7,9-10H,4,8H2,1-3H3,(H,15,19). The van der Waals surface area contributed by atoms with Gasteiger partial charge in [0.15, 0.2) is 0 Å². The van der Waals surface area contributed by atoms with Gasteiger partial charge in [-0.2, -0.15) is 0 Å². The van der Waals surface area contributed by atoms with Crippen molar-refractivity contribution in [1.29, 1.82) is 0 Å². The van der Waals surface area contributed by atoms with E-state index in [1.54, 1.807) is 11.8 Å². The van der Waals surface area contributed by atoms with E-state index in [1.165, 1.54) is 18.2 Å². The van der Waals surface area contributed by atoms with E-state index in [-0.39, 0.29) is 29.7 Å². The molecule has 0 aromatic heterocycles. The summed E-state index contributed by atoms with van der Waals surface area (Å²) in [6.07, 6.45) is 0.554. The summed E-state index contributed by atoms with van der Waals surface area (Å²) in [5, 5.41) is 13.9. The van der Waals surface area contributed by atoms with E-state index in [0.29, 0.717) is 18.5 Å². The van der Waals surface area contributed by atoms with E-state index in [4.69, 9.17) is 0 Å². The van der Waals surface area contributed by atoms with Crippen molar-refractivity contribution < 1.29 is 14.5 Å². The van der Waals surface area contributed by atoms with Crippen molar-refractivity contribution in [3.8, 4) is 0 Å². The zero-order chi connectivity index (χ0) is 16.0. The average molecular weight is 293 g/mol. The van der Waals surface area contributed by atoms with E-state index in [9.17, 15) is 19.7 Å². The Morgan fingerprint density at radius 3 is 2.62 bits per heavy atom. The number of nitrogens with one attached hydrogen (secondary N) is 1. The fraction of sp³-hybridized carbons (Fsp3) is 0.429. The van der Waals surface area contributed by atoms with Gasteiger partial charge in [-0.15, -0.1) is 0 Å². The maximum absolute atomic E-state index is 11.8. The highest BCUT2D eigenvalue weighted by atomic mass is 16.6. The van der Waals surface area contributed by atoms with Gasteiger partial charge in [0.1, 0.15) is 12.0 Å². The highest BCUT2D eigenvalue weighted by Crippen LogP contribution is 2.28. The highest BCUT2D eigenvalue weighted by molar-refractivity contribution is 5.84. The topological polar surface area (TPSA) is 92.6 Å². The van der Waals surface area contributed by atoms with Crippen LogP contribution in [0.15, 0.2) is 18.2 Å². The third kappa shape index (κ3) is 4.55. The van der Waals surface area contributed by atoms with Crippen LogP contribution in [0.1, 0.15) is 31.1 Å². The molecule has 0 atom stereocenters. The summed E-state index contributed by atoms with van der Waals surface area (Å²) in [6.45, 7) is 5.95. The SMILES string of the molecule is CCN(CC(=O)NC(C)C)c1ccc(C=O)cc1[N+](=O)[O-]. The number of nitro benzene ring substituents is 1. The third-order valence-corrected chi connectivity index (χ3v) is 2.84. The zero-order valence-corrected chi connectivity index (χ0v) is 12.3. The van der Waals surface area contributed by atoms with Crippen LogP contribution in [0.2, 0.25) is 0 Å². The highest BCUT2D eigenvalue weighted by Gasteiger charge is 2.21. The molecule has 1 rings (SSSR count). The second-order valence-corrected chi connectivity index (χ2v) is 4.86. The smallest absolute Gasteiger partial charge is 0.293 e. The first kappa shape index (κ1) is 16.6. The van der Waals surface area contributed by atoms with Crippen molar-refractivity contribution in [2.24, 2.45) is 0 Å². The molecule has 114 valence electrons. The molecule has 1 aromatic rings. The number of benzene rings is 1. The molecule has 7 nitrogen and oxygen atoms in total. The van der Waals surface area contributed by atoms with Gasteiger partial charge in [-0.3, -0.25) is 19.7 Å². The maximum atomic E-state index is 11.8. The van der Waals surface area contributed by atoms with Gasteiger partial charge in [-0.25, -0.2) is 0 Å². The molecule has 1 amide bonds. The van der Waals surface area contributed by atoms with E-state index >= 15 is 0 Å². The van der Waals surface area contributed by atoms with Crippen LogP contribution in [0.4, 0.5) is 11.4 Å². The van der Waals surface area contributed by atoms with E-state index < -0.39 is 4.92 Å². The monoisotopic (exact) mass is 293 g/mol. The minimum Gasteiger partial charge on any atom is -0.357 e. The number of aldehydes is 1. The Morgan fingerprint density at radius 2 is 2.14 bits per heavy atom. The number of anilines is 1. The van der Waals surface area contributed by atoms with Crippen LogP contribution >= 0.6 is 0 Å². The number of likely N-dealkylation sites (N-methyl/N-ethyl adjacent to an activating group) is 1. The van der Waals surface area contributed by atoms with Crippen LogP contribution in [0, 0.1) is 10.1 Å². The number of nitro groups is 1. The minimum atomic E-state index is -0.550. The molecule has 0 saturated carbocycles. The Balaban J connectivity index is 3.07. The molecule has 1 N–H and O–H groups in total. The summed E-state index contributed by atoms with van der Waals surface area (Å²) >= 11 is 0. The lowest BCUT2D eigenvalue weighted by Gasteiger charge is -2.23. The Kier molecular flexibility index (Phi) is 5.83. The molecule has 0 aliphatic rings. The van der Waals surface area contributed by atoms with Crippen LogP contribution < -0.4 is 10.2 Å². The van der Waals surface area contributed by atoms with Crippen molar-refractivity contribution >= 4 is 23.6 Å². The van der Waals surface area contributed by atoms with Crippen molar-refractivity contribution in [3.63, 3.8) is 0 Å². The number of amides is 1. The van der Waals surface area contributed by atoms with Crippen molar-refractivity contribution in [2.75, 3.05) is 18.0 Å². The minimum absolute atomic E-state index is 0.00336. The molecule has 0 unspecified atom stereocenters. The number of carbonyl (C=O) groups excluding carboxylic acids is 2. The maximum Gasteiger partial charge on any atom is 0.293 e. The number of rotatable bonds is 7. The van der Waals surface area contributed by atoms with E-state index in [2.05, 4.69) is 5.32 Å². The quantitative estimate of drug-likeness (QED) is 0.470. The van der Waals surface area contributed by atoms with Crippen LogP contribution in [0.25, 0.3) is 0 Å². The molecule has 0 aliphatic heterocycles. The van der Waals surface area contributed by atoms with Gasteiger partial charge in [-0.05, 0) is 32.9 Å². The Morgan fingerprint density at radius 1 is 1.48 bits per heavy atom. The molecule has 0 saturated heterocycles. The van der Waals surface area contributed by atoms with Crippen molar-refractivity contribution in [2.45, 2.75) is 26.8 Å². The lowest BCUT2D eigenvalue weighted by molar-refractivity contribution is -0.384. The first-order valence-corrected chi connectivity index (χ1v) is 6.67. The summed E-state index contributed by atoms with van der Waals surface area (Å²) in [6, 6.07) is 4.21. The largest absolute Gasteiger partial charge is 0.357 e. The third-order valence-electron chi connectivity index (χ3n) is 2.84. The molecule has 21 heavy (non-hydrogen) atoms. The molecule has 0 heterocycles. The van der Waals surface area contributed by atoms with Crippen molar-refractivity contribution in [3.05, 3.63) is 33.9 Å². The molecule has 0 spiro atoms. The number of hydrogen-bond donors (Lipinski definition) is 1. The normalized spacial score (nSPS) is 10.3. The van der Waals surface area contributed by atoms with Gasteiger partial charge in [0, 0.05) is 24.2 Å². The fourth-order valence-corrected chi connectivity index (χ4v) is 1.94. The number of nitrogens with zero attached hydrogens (tertiary/aromatic N) is 2. The Hall–Kier alpha value is -2.44. The van der Waals surface area contributed by atoms with Gasteiger partial charge in [0.25, 0.3) is 5.69 Å². The molecular weight excluding hydrogens is 274 g/mol. The van der Waals surface area contributed by atoms with Crippen LogP contribution in [0.3, 0.4) is 0 Å². The fourth-order valence-electron chi connectivity index (χ4n) is 1.94. The first-order chi connectivity index (χ1) is 9.88. The van der Waals surface area contributed by atoms with Gasteiger partial charge in [0.05, 0.1) is 11.5 Å². The lowest BCUT2D eigenvalue weighted by Crippen LogP contribution is -2.40. The Labute approximate surface area is 123 Å². The van der Waals surface area contributed by atoms with Crippen LogP contribution in [0.5, 0.6) is 0 Å². The van der Waals surface area contributed by atoms with Crippen LogP contribution in [-0.2, 0) is 4.79 Å². The van der Waals surface area contributed by atoms with E-state index in [1.807, 2.05) is 13.8 Å². The number of hydrogen-bond acceptors (Lipinski definition) is 5. The molecular formula is C14H19N3O4. The molecule has 1 aromatic carbocycles.